The fourth-order valence-corrected chi connectivity index (χ4v) is 7.26. The molecule has 1 aliphatic rings. The minimum absolute atomic E-state index is 0.179. The summed E-state index contributed by atoms with van der Waals surface area (Å²) in [4.78, 5) is 14.2. The number of hydrogen-bond donors (Lipinski definition) is 1. The molecule has 0 aromatic heterocycles. The summed E-state index contributed by atoms with van der Waals surface area (Å²) in [7, 11) is -7.15. The van der Waals surface area contributed by atoms with Crippen LogP contribution in [-0.2, 0) is 24.8 Å². The number of amides is 1. The molecule has 1 saturated heterocycles. The molecule has 186 valence electrons. The zero-order valence-corrected chi connectivity index (χ0v) is 22.0. The zero-order valence-electron chi connectivity index (χ0n) is 19.6. The molecule has 0 spiro atoms. The fourth-order valence-electron chi connectivity index (χ4n) is 3.92. The number of thioether (sulfide) groups is 1. The van der Waals surface area contributed by atoms with Crippen LogP contribution in [0, 0.1) is 5.92 Å². The number of nitrogens with zero attached hydrogens (tertiary/aromatic N) is 2. The van der Waals surface area contributed by atoms with Crippen LogP contribution in [0.25, 0.3) is 0 Å². The van der Waals surface area contributed by atoms with Crippen LogP contribution in [0.5, 0.6) is 0 Å². The first-order valence-electron chi connectivity index (χ1n) is 11.2. The van der Waals surface area contributed by atoms with Gasteiger partial charge in [0.1, 0.15) is 0 Å². The number of nitrogens with one attached hydrogen (secondary N) is 1. The fraction of sp³-hybridized carbons (Fsp3) is 0.435. The minimum Gasteiger partial charge on any atom is -0.326 e. The predicted octanol–water partition coefficient (Wildman–Crippen LogP) is 3.48. The van der Waals surface area contributed by atoms with Crippen molar-refractivity contribution in [3.8, 4) is 0 Å². The van der Waals surface area contributed by atoms with Gasteiger partial charge in [0.2, 0.25) is 26.0 Å². The quantitative estimate of drug-likeness (QED) is 0.503. The van der Waals surface area contributed by atoms with E-state index < -0.39 is 20.0 Å². The largest absolute Gasteiger partial charge is 0.326 e. The third-order valence-electron chi connectivity index (χ3n) is 5.99. The highest BCUT2D eigenvalue weighted by Crippen LogP contribution is 2.26. The summed E-state index contributed by atoms with van der Waals surface area (Å²) >= 11 is 1.55. The van der Waals surface area contributed by atoms with Crippen LogP contribution >= 0.6 is 11.8 Å². The summed E-state index contributed by atoms with van der Waals surface area (Å²) in [6.07, 6.45) is 2.77. The van der Waals surface area contributed by atoms with Crippen molar-refractivity contribution in [3.63, 3.8) is 0 Å². The van der Waals surface area contributed by atoms with Crippen LogP contribution in [0.1, 0.15) is 26.7 Å². The number of hydrogen-bond acceptors (Lipinski definition) is 6. The van der Waals surface area contributed by atoms with Gasteiger partial charge in [-0.05, 0) is 67.6 Å². The number of anilines is 1. The number of carbonyl (C=O) groups is 1. The van der Waals surface area contributed by atoms with Crippen molar-refractivity contribution < 1.29 is 21.6 Å². The topological polar surface area (TPSA) is 104 Å². The molecular formula is C23H31N3O5S3. The van der Waals surface area contributed by atoms with Gasteiger partial charge in [-0.15, -0.1) is 11.8 Å². The van der Waals surface area contributed by atoms with Gasteiger partial charge in [-0.1, -0.05) is 13.8 Å². The molecule has 34 heavy (non-hydrogen) atoms. The van der Waals surface area contributed by atoms with Crippen LogP contribution in [0.15, 0.2) is 63.2 Å². The Balaban J connectivity index is 1.59. The Labute approximate surface area is 206 Å². The molecule has 1 amide bonds. The Morgan fingerprint density at radius 1 is 0.941 bits per heavy atom. The first kappa shape index (κ1) is 26.7. The number of benzene rings is 2. The monoisotopic (exact) mass is 525 g/mol. The van der Waals surface area contributed by atoms with Crippen molar-refractivity contribution in [2.45, 2.75) is 41.4 Å². The van der Waals surface area contributed by atoms with Crippen molar-refractivity contribution in [2.24, 2.45) is 5.92 Å². The Hall–Kier alpha value is -1.92. The molecule has 1 fully saturated rings. The Bertz CT molecular complexity index is 1190. The number of rotatable bonds is 9. The molecule has 0 atom stereocenters. The second kappa shape index (κ2) is 11.2. The molecule has 0 unspecified atom stereocenters. The Morgan fingerprint density at radius 3 is 1.97 bits per heavy atom. The molecule has 0 aliphatic carbocycles. The van der Waals surface area contributed by atoms with Gasteiger partial charge >= 0.3 is 0 Å². The lowest BCUT2D eigenvalue weighted by atomic mass is 9.97. The summed E-state index contributed by atoms with van der Waals surface area (Å²) in [5.74, 6) is -0.509. The van der Waals surface area contributed by atoms with Gasteiger partial charge in [-0.2, -0.15) is 8.61 Å². The molecule has 2 aromatic carbocycles. The van der Waals surface area contributed by atoms with Crippen molar-refractivity contribution in [1.29, 1.82) is 0 Å². The third kappa shape index (κ3) is 5.83. The van der Waals surface area contributed by atoms with E-state index >= 15 is 0 Å². The van der Waals surface area contributed by atoms with Gasteiger partial charge in [0.05, 0.1) is 9.79 Å². The van der Waals surface area contributed by atoms with Gasteiger partial charge < -0.3 is 5.32 Å². The summed E-state index contributed by atoms with van der Waals surface area (Å²) in [5.41, 5.74) is 0.507. The second-order valence-electron chi connectivity index (χ2n) is 7.96. The summed E-state index contributed by atoms with van der Waals surface area (Å²) in [6.45, 7) is 4.88. The highest BCUT2D eigenvalue weighted by Gasteiger charge is 2.32. The van der Waals surface area contributed by atoms with Crippen molar-refractivity contribution in [1.82, 2.24) is 8.61 Å². The van der Waals surface area contributed by atoms with E-state index in [9.17, 15) is 21.6 Å². The number of carbonyl (C=O) groups excluding carboxylic acids is 1. The van der Waals surface area contributed by atoms with Gasteiger partial charge in [-0.25, -0.2) is 16.8 Å². The van der Waals surface area contributed by atoms with Crippen LogP contribution in [0.4, 0.5) is 5.69 Å². The van der Waals surface area contributed by atoms with Crippen molar-refractivity contribution >= 4 is 43.4 Å². The number of piperidine rings is 1. The van der Waals surface area contributed by atoms with E-state index in [0.29, 0.717) is 31.6 Å². The first-order chi connectivity index (χ1) is 16.1. The predicted molar refractivity (Wildman–Crippen MR) is 135 cm³/mol. The van der Waals surface area contributed by atoms with Crippen molar-refractivity contribution in [2.75, 3.05) is 37.8 Å². The summed E-state index contributed by atoms with van der Waals surface area (Å²) < 4.78 is 53.9. The lowest BCUT2D eigenvalue weighted by molar-refractivity contribution is -0.120. The van der Waals surface area contributed by atoms with Crippen LogP contribution in [-0.4, -0.2) is 63.8 Å². The van der Waals surface area contributed by atoms with E-state index in [1.165, 1.54) is 20.7 Å². The van der Waals surface area contributed by atoms with Gasteiger partial charge in [0, 0.05) is 42.7 Å². The Kier molecular flexibility index (Phi) is 8.80. The van der Waals surface area contributed by atoms with Gasteiger partial charge in [0.15, 0.2) is 0 Å². The maximum absolute atomic E-state index is 12.9. The van der Waals surface area contributed by atoms with E-state index in [4.69, 9.17) is 0 Å². The van der Waals surface area contributed by atoms with Crippen LogP contribution in [0.2, 0.25) is 0 Å². The standard InChI is InChI=1S/C23H31N3O5S3/c1-4-25(5-2)33(28,29)21-10-6-19(7-11-21)24-23(27)18-14-16-26(17-15-18)34(30,31)22-12-8-20(32-3)9-13-22/h6-13,18H,4-5,14-17H2,1-3H3,(H,24,27). The lowest BCUT2D eigenvalue weighted by Crippen LogP contribution is -2.41. The normalized spacial score (nSPS) is 16.0. The zero-order chi connectivity index (χ0) is 24.9. The average molecular weight is 526 g/mol. The molecule has 11 heteroatoms. The summed E-state index contributed by atoms with van der Waals surface area (Å²) in [5, 5.41) is 2.83. The molecule has 0 bridgehead atoms. The third-order valence-corrected chi connectivity index (χ3v) is 10.7. The molecule has 1 aliphatic heterocycles. The molecule has 8 nitrogen and oxygen atoms in total. The maximum Gasteiger partial charge on any atom is 0.243 e. The highest BCUT2D eigenvalue weighted by molar-refractivity contribution is 7.98. The SMILES string of the molecule is CCN(CC)S(=O)(=O)c1ccc(NC(=O)C2CCN(S(=O)(=O)c3ccc(SC)cc3)CC2)cc1. The molecule has 1 N–H and O–H groups in total. The summed E-state index contributed by atoms with van der Waals surface area (Å²) in [6, 6.07) is 12.9. The maximum atomic E-state index is 12.9. The molecule has 3 rings (SSSR count). The van der Waals surface area contributed by atoms with E-state index in [-0.39, 0.29) is 34.7 Å². The smallest absolute Gasteiger partial charge is 0.243 e. The van der Waals surface area contributed by atoms with Crippen LogP contribution < -0.4 is 5.32 Å². The van der Waals surface area contributed by atoms with Gasteiger partial charge in [0.25, 0.3) is 0 Å². The van der Waals surface area contributed by atoms with Crippen molar-refractivity contribution in [3.05, 3.63) is 48.5 Å². The molecule has 1 heterocycles. The number of sulfonamides is 2. The minimum atomic E-state index is -3.59. The lowest BCUT2D eigenvalue weighted by Gasteiger charge is -2.30. The van der Waals surface area contributed by atoms with E-state index in [1.807, 2.05) is 6.26 Å². The Morgan fingerprint density at radius 2 is 1.47 bits per heavy atom. The van der Waals surface area contributed by atoms with Gasteiger partial charge in [-0.3, -0.25) is 4.79 Å². The van der Waals surface area contributed by atoms with E-state index in [2.05, 4.69) is 5.32 Å². The van der Waals surface area contributed by atoms with Crippen LogP contribution in [0.3, 0.4) is 0 Å². The molecular weight excluding hydrogens is 494 g/mol. The van der Waals surface area contributed by atoms with E-state index in [0.717, 1.165) is 4.90 Å². The average Bonchev–Trinajstić information content (AvgIpc) is 2.85. The highest BCUT2D eigenvalue weighted by atomic mass is 32.2. The second-order valence-corrected chi connectivity index (χ2v) is 12.7. The van der Waals surface area contributed by atoms with E-state index in [1.54, 1.807) is 62.0 Å². The molecule has 2 aromatic rings. The first-order valence-corrected chi connectivity index (χ1v) is 15.3. The molecule has 0 saturated carbocycles. The molecule has 0 radical (unpaired) electrons.